The molecule has 8 nitrogen and oxygen atoms in total. The largest absolute Gasteiger partial charge is 0.322 e. The van der Waals surface area contributed by atoms with Crippen molar-refractivity contribution in [3.63, 3.8) is 0 Å². The van der Waals surface area contributed by atoms with Gasteiger partial charge in [-0.3, -0.25) is 9.59 Å². The molecule has 2 aromatic carbocycles. The molecule has 4 aromatic rings. The molecule has 146 valence electrons. The van der Waals surface area contributed by atoms with E-state index >= 15 is 0 Å². The molecule has 2 aromatic heterocycles. The number of benzene rings is 2. The first-order valence-corrected chi connectivity index (χ1v) is 9.26. The van der Waals surface area contributed by atoms with Crippen molar-refractivity contribution in [3.05, 3.63) is 95.9 Å². The SMILES string of the molecule is [2H]c1nn2cccnc2c1C(=O)N[C@H]1N=C(c2ccccc2)c2ccccc2NC1=O. The third-order valence-corrected chi connectivity index (χ3v) is 4.71. The van der Waals surface area contributed by atoms with Crippen LogP contribution in [0.5, 0.6) is 0 Å². The first-order valence-electron chi connectivity index (χ1n) is 9.76. The van der Waals surface area contributed by atoms with Gasteiger partial charge in [0.15, 0.2) is 5.65 Å². The molecule has 1 atom stereocenters. The predicted octanol–water partition coefficient (Wildman–Crippen LogP) is 2.27. The van der Waals surface area contributed by atoms with Crippen molar-refractivity contribution in [3.8, 4) is 0 Å². The molecule has 2 N–H and O–H groups in total. The van der Waals surface area contributed by atoms with Gasteiger partial charge in [-0.2, -0.15) is 5.10 Å². The van der Waals surface area contributed by atoms with Crippen LogP contribution in [0.25, 0.3) is 5.65 Å². The number of nitrogens with one attached hydrogen (secondary N) is 2. The van der Waals surface area contributed by atoms with Crippen molar-refractivity contribution in [2.24, 2.45) is 4.99 Å². The number of aromatic nitrogens is 3. The Balaban J connectivity index is 1.56. The molecular weight excluding hydrogens is 380 g/mol. The molecular formula is C22H16N6O2. The Bertz CT molecular complexity index is 1350. The fourth-order valence-corrected chi connectivity index (χ4v) is 3.31. The van der Waals surface area contributed by atoms with E-state index in [1.165, 1.54) is 10.7 Å². The molecule has 0 spiro atoms. The summed E-state index contributed by atoms with van der Waals surface area (Å²) in [4.78, 5) is 34.6. The number of carbonyl (C=O) groups is 2. The summed E-state index contributed by atoms with van der Waals surface area (Å²) in [5.74, 6) is -1.14. The average Bonchev–Trinajstić information content (AvgIpc) is 3.06. The van der Waals surface area contributed by atoms with Gasteiger partial charge in [-0.25, -0.2) is 14.5 Å². The Morgan fingerprint density at radius 3 is 2.77 bits per heavy atom. The van der Waals surface area contributed by atoms with Crippen molar-refractivity contribution >= 4 is 28.9 Å². The monoisotopic (exact) mass is 397 g/mol. The maximum Gasteiger partial charge on any atom is 0.269 e. The van der Waals surface area contributed by atoms with Crippen molar-refractivity contribution in [1.82, 2.24) is 19.9 Å². The van der Waals surface area contributed by atoms with Crippen LogP contribution >= 0.6 is 0 Å². The van der Waals surface area contributed by atoms with E-state index in [1.807, 2.05) is 48.5 Å². The molecule has 30 heavy (non-hydrogen) atoms. The van der Waals surface area contributed by atoms with Crippen molar-refractivity contribution in [2.45, 2.75) is 6.17 Å². The van der Waals surface area contributed by atoms with Crippen LogP contribution in [0.4, 0.5) is 5.69 Å². The number of rotatable bonds is 3. The van der Waals surface area contributed by atoms with Crippen molar-refractivity contribution in [1.29, 1.82) is 0 Å². The predicted molar refractivity (Wildman–Crippen MR) is 111 cm³/mol. The number of amides is 2. The minimum atomic E-state index is -1.20. The zero-order valence-electron chi connectivity index (χ0n) is 16.6. The van der Waals surface area contributed by atoms with Gasteiger partial charge < -0.3 is 10.6 Å². The molecule has 0 saturated heterocycles. The second-order valence-corrected chi connectivity index (χ2v) is 6.63. The lowest BCUT2D eigenvalue weighted by Crippen LogP contribution is -2.42. The fourth-order valence-electron chi connectivity index (χ4n) is 3.31. The summed E-state index contributed by atoms with van der Waals surface area (Å²) in [7, 11) is 0. The van der Waals surface area contributed by atoms with E-state index in [0.29, 0.717) is 11.4 Å². The summed E-state index contributed by atoms with van der Waals surface area (Å²) in [5.41, 5.74) is 2.94. The second kappa shape index (κ2) is 7.25. The highest BCUT2D eigenvalue weighted by atomic mass is 16.2. The highest BCUT2D eigenvalue weighted by Crippen LogP contribution is 2.23. The number of aliphatic imine (C=N–C) groups is 1. The smallest absolute Gasteiger partial charge is 0.269 e. The topological polar surface area (TPSA) is 101 Å². The zero-order valence-corrected chi connectivity index (χ0v) is 15.6. The number of hydrogen-bond donors (Lipinski definition) is 2. The Kier molecular flexibility index (Phi) is 4.01. The van der Waals surface area contributed by atoms with E-state index in [1.54, 1.807) is 18.3 Å². The summed E-state index contributed by atoms with van der Waals surface area (Å²) >= 11 is 0. The van der Waals surface area contributed by atoms with Crippen LogP contribution in [0.3, 0.4) is 0 Å². The van der Waals surface area contributed by atoms with Gasteiger partial charge >= 0.3 is 0 Å². The average molecular weight is 397 g/mol. The van der Waals surface area contributed by atoms with Gasteiger partial charge in [0.1, 0.15) is 5.56 Å². The Hall–Kier alpha value is -4.33. The molecule has 0 fully saturated rings. The van der Waals surface area contributed by atoms with Gasteiger partial charge in [0.05, 0.1) is 18.9 Å². The second-order valence-electron chi connectivity index (χ2n) is 6.63. The third kappa shape index (κ3) is 3.10. The van der Waals surface area contributed by atoms with E-state index in [0.717, 1.165) is 11.1 Å². The number of para-hydroxylation sites is 1. The minimum absolute atomic E-state index is 0.0216. The van der Waals surface area contributed by atoms with E-state index in [4.69, 9.17) is 1.37 Å². The van der Waals surface area contributed by atoms with Crippen LogP contribution in [-0.2, 0) is 4.79 Å². The number of fused-ring (bicyclic) bond motifs is 2. The van der Waals surface area contributed by atoms with Crippen LogP contribution < -0.4 is 10.6 Å². The van der Waals surface area contributed by atoms with Gasteiger partial charge in [0, 0.05) is 23.5 Å². The van der Waals surface area contributed by atoms with Gasteiger partial charge in [0.2, 0.25) is 6.17 Å². The zero-order chi connectivity index (χ0) is 21.4. The quantitative estimate of drug-likeness (QED) is 0.554. The van der Waals surface area contributed by atoms with E-state index in [9.17, 15) is 9.59 Å². The van der Waals surface area contributed by atoms with Gasteiger partial charge in [-0.1, -0.05) is 48.5 Å². The lowest BCUT2D eigenvalue weighted by atomic mass is 10.0. The summed E-state index contributed by atoms with van der Waals surface area (Å²) < 4.78 is 9.40. The van der Waals surface area contributed by atoms with E-state index in [2.05, 4.69) is 25.7 Å². The highest BCUT2D eigenvalue weighted by Gasteiger charge is 2.28. The molecule has 5 rings (SSSR count). The van der Waals surface area contributed by atoms with Crippen LogP contribution in [0.2, 0.25) is 0 Å². The Morgan fingerprint density at radius 2 is 1.90 bits per heavy atom. The van der Waals surface area contributed by atoms with E-state index < -0.39 is 18.0 Å². The third-order valence-electron chi connectivity index (χ3n) is 4.71. The van der Waals surface area contributed by atoms with Crippen molar-refractivity contribution in [2.75, 3.05) is 5.32 Å². The molecule has 0 radical (unpaired) electrons. The molecule has 8 heteroatoms. The lowest BCUT2D eigenvalue weighted by Gasteiger charge is -2.12. The van der Waals surface area contributed by atoms with Crippen LogP contribution in [0.15, 0.2) is 84.2 Å². The first kappa shape index (κ1) is 16.6. The van der Waals surface area contributed by atoms with Crippen LogP contribution in [0.1, 0.15) is 22.9 Å². The Labute approximate surface area is 172 Å². The van der Waals surface area contributed by atoms with Gasteiger partial charge in [0.25, 0.3) is 11.8 Å². The van der Waals surface area contributed by atoms with E-state index in [-0.39, 0.29) is 17.4 Å². The molecule has 2 amide bonds. The molecule has 1 aliphatic rings. The number of nitrogens with zero attached hydrogens (tertiary/aromatic N) is 4. The van der Waals surface area contributed by atoms with Gasteiger partial charge in [-0.05, 0) is 12.1 Å². The van der Waals surface area contributed by atoms with Crippen LogP contribution in [-0.4, -0.2) is 38.3 Å². The maximum absolute atomic E-state index is 13.0. The van der Waals surface area contributed by atoms with Gasteiger partial charge in [-0.15, -0.1) is 0 Å². The number of benzodiazepines with no additional fused rings is 1. The highest BCUT2D eigenvalue weighted by molar-refractivity contribution is 6.20. The number of hydrogen-bond acceptors (Lipinski definition) is 5. The fraction of sp³-hybridized carbons (Fsp3) is 0.0455. The molecule has 1 aliphatic heterocycles. The molecule has 0 aliphatic carbocycles. The minimum Gasteiger partial charge on any atom is -0.322 e. The normalized spacial score (nSPS) is 16.1. The van der Waals surface area contributed by atoms with Crippen molar-refractivity contribution < 1.29 is 11.0 Å². The lowest BCUT2D eigenvalue weighted by molar-refractivity contribution is -0.117. The molecule has 0 bridgehead atoms. The number of anilines is 1. The molecule has 0 unspecified atom stereocenters. The standard InChI is InChI=1S/C22H16N6O2/c29-21(16-13-24-28-12-6-11-23-20(16)28)27-19-22(30)25-17-10-5-4-9-15(17)18(26-19)14-7-2-1-3-8-14/h1-13,19H,(H,25,30)(H,27,29)/t19-/m1/s1/i13D. The maximum atomic E-state index is 13.0. The summed E-state index contributed by atoms with van der Waals surface area (Å²) in [6.07, 6.45) is 1.67. The van der Waals surface area contributed by atoms with Crippen LogP contribution in [0, 0.1) is 0 Å². The Morgan fingerprint density at radius 1 is 1.10 bits per heavy atom. The summed E-state index contributed by atoms with van der Waals surface area (Å²) in [6, 6.07) is 18.4. The first-order chi connectivity index (χ1) is 15.1. The summed E-state index contributed by atoms with van der Waals surface area (Å²) in [5, 5.41) is 9.43. The molecule has 0 saturated carbocycles. The number of carbonyl (C=O) groups excluding carboxylic acids is 2. The summed E-state index contributed by atoms with van der Waals surface area (Å²) in [6.45, 7) is 0. The molecule has 3 heterocycles.